The van der Waals surface area contributed by atoms with E-state index in [9.17, 15) is 17.2 Å². The van der Waals surface area contributed by atoms with E-state index in [-0.39, 0.29) is 23.8 Å². The summed E-state index contributed by atoms with van der Waals surface area (Å²) in [5.74, 6) is -1.05. The van der Waals surface area contributed by atoms with Crippen LogP contribution in [0.15, 0.2) is 18.2 Å². The second kappa shape index (κ2) is 6.60. The molecule has 1 fully saturated rings. The van der Waals surface area contributed by atoms with Crippen molar-refractivity contribution in [2.45, 2.75) is 19.4 Å². The molecular weight excluding hydrogens is 286 g/mol. The van der Waals surface area contributed by atoms with E-state index in [0.717, 1.165) is 44.1 Å². The van der Waals surface area contributed by atoms with Crippen LogP contribution in [0.3, 0.4) is 0 Å². The average Bonchev–Trinajstić information content (AvgIpc) is 2.40. The molecule has 2 rings (SSSR count). The second-order valence-corrected chi connectivity index (χ2v) is 6.88. The smallest absolute Gasteiger partial charge is 0.212 e. The summed E-state index contributed by atoms with van der Waals surface area (Å²) in [6.07, 6.45) is 1.63. The maximum absolute atomic E-state index is 13.4. The molecule has 0 radical (unpaired) electrons. The van der Waals surface area contributed by atoms with Gasteiger partial charge in [-0.15, -0.1) is 0 Å². The maximum atomic E-state index is 13.4. The molecule has 0 aromatic heterocycles. The second-order valence-electron chi connectivity index (χ2n) is 5.03. The summed E-state index contributed by atoms with van der Waals surface area (Å²) >= 11 is 0. The molecule has 1 aromatic rings. The van der Waals surface area contributed by atoms with Gasteiger partial charge in [0.1, 0.15) is 11.6 Å². The molecule has 0 aliphatic carbocycles. The van der Waals surface area contributed by atoms with Gasteiger partial charge in [0, 0.05) is 12.1 Å². The fourth-order valence-corrected chi connectivity index (χ4v) is 3.73. The Bertz CT molecular complexity index is 557. The molecule has 1 aromatic carbocycles. The van der Waals surface area contributed by atoms with Gasteiger partial charge in [-0.2, -0.15) is 0 Å². The first-order chi connectivity index (χ1) is 9.46. The molecule has 20 heavy (non-hydrogen) atoms. The first kappa shape index (κ1) is 15.3. The van der Waals surface area contributed by atoms with Gasteiger partial charge in [-0.25, -0.2) is 21.9 Å². The van der Waals surface area contributed by atoms with Crippen molar-refractivity contribution in [1.82, 2.24) is 10.0 Å². The van der Waals surface area contributed by atoms with Gasteiger partial charge in [-0.05, 0) is 50.0 Å². The Kier molecular flexibility index (Phi) is 5.06. The van der Waals surface area contributed by atoms with Crippen LogP contribution in [0.5, 0.6) is 0 Å². The maximum Gasteiger partial charge on any atom is 0.212 e. The highest BCUT2D eigenvalue weighted by Gasteiger charge is 2.21. The van der Waals surface area contributed by atoms with Gasteiger partial charge in [0.05, 0.1) is 5.75 Å². The van der Waals surface area contributed by atoms with E-state index >= 15 is 0 Å². The van der Waals surface area contributed by atoms with Crippen LogP contribution in [-0.4, -0.2) is 27.3 Å². The van der Waals surface area contributed by atoms with Gasteiger partial charge in [-0.3, -0.25) is 0 Å². The number of nitrogens with one attached hydrogen (secondary N) is 2. The molecule has 4 nitrogen and oxygen atoms in total. The number of rotatable bonds is 5. The SMILES string of the molecule is O=S(=O)(CC1CCNCC1)NCc1cc(F)ccc1F. The first-order valence-electron chi connectivity index (χ1n) is 6.58. The number of hydrogen-bond acceptors (Lipinski definition) is 3. The molecule has 1 aliphatic heterocycles. The Morgan fingerprint density at radius 2 is 1.95 bits per heavy atom. The Morgan fingerprint density at radius 1 is 1.25 bits per heavy atom. The van der Waals surface area contributed by atoms with E-state index in [1.165, 1.54) is 0 Å². The Balaban J connectivity index is 1.92. The van der Waals surface area contributed by atoms with E-state index in [4.69, 9.17) is 0 Å². The molecule has 0 unspecified atom stereocenters. The summed E-state index contributed by atoms with van der Waals surface area (Å²) < 4.78 is 52.6. The van der Waals surface area contributed by atoms with Crippen molar-refractivity contribution in [1.29, 1.82) is 0 Å². The third kappa shape index (κ3) is 4.50. The highest BCUT2D eigenvalue weighted by molar-refractivity contribution is 7.89. The Hall–Kier alpha value is -1.05. The van der Waals surface area contributed by atoms with Crippen LogP contribution < -0.4 is 10.0 Å². The average molecular weight is 304 g/mol. The lowest BCUT2D eigenvalue weighted by Crippen LogP contribution is -2.35. The van der Waals surface area contributed by atoms with Crippen LogP contribution in [-0.2, 0) is 16.6 Å². The summed E-state index contributed by atoms with van der Waals surface area (Å²) in [4.78, 5) is 0. The highest BCUT2D eigenvalue weighted by atomic mass is 32.2. The van der Waals surface area contributed by atoms with Gasteiger partial charge in [0.2, 0.25) is 10.0 Å². The monoisotopic (exact) mass is 304 g/mol. The topological polar surface area (TPSA) is 58.2 Å². The van der Waals surface area contributed by atoms with Crippen LogP contribution in [0.4, 0.5) is 8.78 Å². The van der Waals surface area contributed by atoms with E-state index in [2.05, 4.69) is 10.0 Å². The lowest BCUT2D eigenvalue weighted by Gasteiger charge is -2.22. The first-order valence-corrected chi connectivity index (χ1v) is 8.23. The molecule has 1 aliphatic rings. The minimum absolute atomic E-state index is 0.0129. The summed E-state index contributed by atoms with van der Waals surface area (Å²) in [6.45, 7) is 1.41. The molecule has 0 spiro atoms. The van der Waals surface area contributed by atoms with E-state index < -0.39 is 21.7 Å². The molecular formula is C13H18F2N2O2S. The molecule has 1 saturated heterocycles. The van der Waals surface area contributed by atoms with Gasteiger partial charge in [0.25, 0.3) is 0 Å². The number of sulfonamides is 1. The van der Waals surface area contributed by atoms with E-state index in [1.54, 1.807) is 0 Å². The predicted molar refractivity (Wildman–Crippen MR) is 72.6 cm³/mol. The third-order valence-corrected chi connectivity index (χ3v) is 4.90. The summed E-state index contributed by atoms with van der Waals surface area (Å²) in [6, 6.07) is 3.00. The molecule has 7 heteroatoms. The summed E-state index contributed by atoms with van der Waals surface area (Å²) in [7, 11) is -3.48. The van der Waals surface area contributed by atoms with Crippen LogP contribution in [0.2, 0.25) is 0 Å². The van der Waals surface area contributed by atoms with Crippen molar-refractivity contribution in [3.63, 3.8) is 0 Å². The predicted octanol–water partition coefficient (Wildman–Crippen LogP) is 1.38. The largest absolute Gasteiger partial charge is 0.317 e. The standard InChI is InChI=1S/C13H18F2N2O2S/c14-12-1-2-13(15)11(7-12)8-17-20(18,19)9-10-3-5-16-6-4-10/h1-2,7,10,16-17H,3-6,8-9H2. The minimum Gasteiger partial charge on any atom is -0.317 e. The fourth-order valence-electron chi connectivity index (χ4n) is 2.28. The van der Waals surface area contributed by atoms with Crippen LogP contribution in [0.25, 0.3) is 0 Å². The van der Waals surface area contributed by atoms with E-state index in [1.807, 2.05) is 0 Å². The normalized spacial score (nSPS) is 17.3. The lowest BCUT2D eigenvalue weighted by molar-refractivity contribution is 0.400. The van der Waals surface area contributed by atoms with Crippen molar-refractivity contribution in [3.05, 3.63) is 35.4 Å². The fraction of sp³-hybridized carbons (Fsp3) is 0.538. The number of halogens is 2. The molecule has 2 N–H and O–H groups in total. The molecule has 0 bridgehead atoms. The minimum atomic E-state index is -3.48. The van der Waals surface area contributed by atoms with Crippen molar-refractivity contribution < 1.29 is 17.2 Å². The van der Waals surface area contributed by atoms with E-state index in [0.29, 0.717) is 0 Å². The molecule has 0 amide bonds. The van der Waals surface area contributed by atoms with Gasteiger partial charge < -0.3 is 5.32 Å². The van der Waals surface area contributed by atoms with Crippen molar-refractivity contribution >= 4 is 10.0 Å². The van der Waals surface area contributed by atoms with Crippen LogP contribution in [0, 0.1) is 17.6 Å². The zero-order valence-corrected chi connectivity index (χ0v) is 11.8. The summed E-state index contributed by atoms with van der Waals surface area (Å²) in [5.41, 5.74) is 0.0129. The summed E-state index contributed by atoms with van der Waals surface area (Å²) in [5, 5.41) is 3.17. The molecule has 112 valence electrons. The quantitative estimate of drug-likeness (QED) is 0.864. The zero-order chi connectivity index (χ0) is 14.6. The van der Waals surface area contributed by atoms with Gasteiger partial charge >= 0.3 is 0 Å². The van der Waals surface area contributed by atoms with Gasteiger partial charge in [-0.1, -0.05) is 0 Å². The van der Waals surface area contributed by atoms with Crippen molar-refractivity contribution in [2.75, 3.05) is 18.8 Å². The molecule has 1 heterocycles. The van der Waals surface area contributed by atoms with Crippen LogP contribution in [0.1, 0.15) is 18.4 Å². The lowest BCUT2D eigenvalue weighted by atomic mass is 10.0. The Labute approximate surface area is 117 Å². The number of piperidine rings is 1. The van der Waals surface area contributed by atoms with Crippen molar-refractivity contribution in [2.24, 2.45) is 5.92 Å². The van der Waals surface area contributed by atoms with Crippen LogP contribution >= 0.6 is 0 Å². The molecule has 0 saturated carbocycles. The molecule has 0 atom stereocenters. The highest BCUT2D eigenvalue weighted by Crippen LogP contribution is 2.14. The van der Waals surface area contributed by atoms with Gasteiger partial charge in [0.15, 0.2) is 0 Å². The Morgan fingerprint density at radius 3 is 2.65 bits per heavy atom. The third-order valence-electron chi connectivity index (χ3n) is 3.40. The number of hydrogen-bond donors (Lipinski definition) is 2. The zero-order valence-electron chi connectivity index (χ0n) is 11.0. The van der Waals surface area contributed by atoms with Crippen molar-refractivity contribution in [3.8, 4) is 0 Å². The number of benzene rings is 1.